The van der Waals surface area contributed by atoms with Gasteiger partial charge in [0.25, 0.3) is 0 Å². The predicted octanol–water partition coefficient (Wildman–Crippen LogP) is 3.41. The van der Waals surface area contributed by atoms with Crippen molar-refractivity contribution in [3.05, 3.63) is 35.5 Å². The summed E-state index contributed by atoms with van der Waals surface area (Å²) < 4.78 is 0. The van der Waals surface area contributed by atoms with Gasteiger partial charge in [0.2, 0.25) is 5.13 Å². The van der Waals surface area contributed by atoms with Gasteiger partial charge in [0.15, 0.2) is 0 Å². The van der Waals surface area contributed by atoms with Crippen molar-refractivity contribution in [1.29, 1.82) is 0 Å². The number of nitrogens with zero attached hydrogens (tertiary/aromatic N) is 3. The van der Waals surface area contributed by atoms with Gasteiger partial charge < -0.3 is 5.32 Å². The molecule has 0 atom stereocenters. The van der Waals surface area contributed by atoms with Gasteiger partial charge in [-0.15, -0.1) is 10.2 Å². The molecule has 0 aliphatic carbocycles. The molecule has 0 saturated heterocycles. The summed E-state index contributed by atoms with van der Waals surface area (Å²) in [4.78, 5) is 4.57. The number of hydrogen-bond acceptors (Lipinski definition) is 5. The lowest BCUT2D eigenvalue weighted by Crippen LogP contribution is -1.89. The second-order valence-electron chi connectivity index (χ2n) is 4.49. The average molecular weight is 270 g/mol. The zero-order valence-electron chi connectivity index (χ0n) is 11.1. The summed E-state index contributed by atoms with van der Waals surface area (Å²) in [5, 5.41) is 14.3. The van der Waals surface area contributed by atoms with E-state index in [2.05, 4.69) is 51.7 Å². The maximum Gasteiger partial charge on any atom is 0.205 e. The van der Waals surface area contributed by atoms with Crippen molar-refractivity contribution < 1.29 is 0 Å². The second kappa shape index (κ2) is 4.59. The molecule has 2 heterocycles. The smallest absolute Gasteiger partial charge is 0.205 e. The Labute approximate surface area is 115 Å². The van der Waals surface area contributed by atoms with Gasteiger partial charge in [-0.3, -0.25) is 4.98 Å². The van der Waals surface area contributed by atoms with Crippen molar-refractivity contribution in [1.82, 2.24) is 15.2 Å². The fraction of sp³-hybridized carbons (Fsp3) is 0.214. The Morgan fingerprint density at radius 1 is 1.11 bits per heavy atom. The summed E-state index contributed by atoms with van der Waals surface area (Å²) in [6.07, 6.45) is 0. The fourth-order valence-electron chi connectivity index (χ4n) is 2.08. The van der Waals surface area contributed by atoms with Crippen molar-refractivity contribution in [2.45, 2.75) is 13.8 Å². The number of aromatic nitrogens is 3. The van der Waals surface area contributed by atoms with Gasteiger partial charge in [0, 0.05) is 23.7 Å². The molecule has 1 N–H and O–H groups in total. The summed E-state index contributed by atoms with van der Waals surface area (Å²) in [6.45, 7) is 4.09. The molecule has 5 heteroatoms. The van der Waals surface area contributed by atoms with Crippen molar-refractivity contribution in [3.8, 4) is 10.6 Å². The van der Waals surface area contributed by atoms with Crippen LogP contribution in [0.2, 0.25) is 0 Å². The van der Waals surface area contributed by atoms with Crippen molar-refractivity contribution in [2.24, 2.45) is 0 Å². The van der Waals surface area contributed by atoms with Crippen LogP contribution in [-0.4, -0.2) is 22.2 Å². The minimum absolute atomic E-state index is 0.824. The monoisotopic (exact) mass is 270 g/mol. The number of pyridine rings is 1. The van der Waals surface area contributed by atoms with Gasteiger partial charge in [-0.25, -0.2) is 0 Å². The highest BCUT2D eigenvalue weighted by Gasteiger charge is 2.11. The fourth-order valence-corrected chi connectivity index (χ4v) is 2.81. The molecule has 3 rings (SSSR count). The zero-order valence-corrected chi connectivity index (χ0v) is 11.9. The third-order valence-corrected chi connectivity index (χ3v) is 3.94. The van der Waals surface area contributed by atoms with Crippen LogP contribution >= 0.6 is 11.3 Å². The maximum absolute atomic E-state index is 4.57. The molecular formula is C14H14N4S. The highest BCUT2D eigenvalue weighted by Crippen LogP contribution is 2.32. The average Bonchev–Trinajstić information content (AvgIpc) is 2.87. The molecule has 1 aromatic carbocycles. The topological polar surface area (TPSA) is 50.7 Å². The minimum atomic E-state index is 0.824. The first-order chi connectivity index (χ1) is 9.17. The standard InChI is InChI=1S/C14H14N4S/c1-8-4-5-12-10(6-8)11(7-9(2)16-12)13-17-18-14(15-3)19-13/h4-7H,1-3H3,(H,15,18). The molecule has 19 heavy (non-hydrogen) atoms. The molecule has 0 fully saturated rings. The highest BCUT2D eigenvalue weighted by molar-refractivity contribution is 7.18. The summed E-state index contributed by atoms with van der Waals surface area (Å²) >= 11 is 1.55. The van der Waals surface area contributed by atoms with Crippen LogP contribution in [0, 0.1) is 13.8 Å². The Bertz CT molecular complexity index is 748. The van der Waals surface area contributed by atoms with Gasteiger partial charge in [-0.1, -0.05) is 23.0 Å². The van der Waals surface area contributed by atoms with Gasteiger partial charge in [0.1, 0.15) is 5.01 Å². The molecule has 96 valence electrons. The molecule has 4 nitrogen and oxygen atoms in total. The van der Waals surface area contributed by atoms with Crippen LogP contribution in [0.3, 0.4) is 0 Å². The molecule has 0 saturated carbocycles. The molecule has 0 unspecified atom stereocenters. The van der Waals surface area contributed by atoms with Crippen molar-refractivity contribution >= 4 is 27.4 Å². The quantitative estimate of drug-likeness (QED) is 0.775. The van der Waals surface area contributed by atoms with Crippen LogP contribution in [0.4, 0.5) is 5.13 Å². The first-order valence-electron chi connectivity index (χ1n) is 6.07. The largest absolute Gasteiger partial charge is 0.363 e. The Morgan fingerprint density at radius 3 is 2.68 bits per heavy atom. The lowest BCUT2D eigenvalue weighted by atomic mass is 10.1. The summed E-state index contributed by atoms with van der Waals surface area (Å²) in [5.41, 5.74) is 4.32. The van der Waals surface area contributed by atoms with E-state index in [4.69, 9.17) is 0 Å². The zero-order chi connectivity index (χ0) is 13.4. The van der Waals surface area contributed by atoms with Gasteiger partial charge in [-0.05, 0) is 32.0 Å². The Morgan fingerprint density at radius 2 is 1.95 bits per heavy atom. The Balaban J connectivity index is 2.29. The lowest BCUT2D eigenvalue weighted by molar-refractivity contribution is 1.09. The number of anilines is 1. The summed E-state index contributed by atoms with van der Waals surface area (Å²) in [7, 11) is 1.85. The van der Waals surface area contributed by atoms with Crippen molar-refractivity contribution in [3.63, 3.8) is 0 Å². The molecule has 2 aromatic heterocycles. The second-order valence-corrected chi connectivity index (χ2v) is 5.47. The van der Waals surface area contributed by atoms with Gasteiger partial charge in [-0.2, -0.15) is 0 Å². The van der Waals surface area contributed by atoms with Crippen molar-refractivity contribution in [2.75, 3.05) is 12.4 Å². The van der Waals surface area contributed by atoms with Gasteiger partial charge >= 0.3 is 0 Å². The van der Waals surface area contributed by atoms with E-state index in [1.807, 2.05) is 14.0 Å². The van der Waals surface area contributed by atoms with E-state index in [0.717, 1.165) is 32.3 Å². The van der Waals surface area contributed by atoms with Crippen LogP contribution in [0.5, 0.6) is 0 Å². The maximum atomic E-state index is 4.57. The first kappa shape index (κ1) is 12.0. The van der Waals surface area contributed by atoms with Crippen LogP contribution in [0.25, 0.3) is 21.5 Å². The molecule has 0 amide bonds. The lowest BCUT2D eigenvalue weighted by Gasteiger charge is -2.05. The van der Waals surface area contributed by atoms with E-state index in [9.17, 15) is 0 Å². The summed E-state index contributed by atoms with van der Waals surface area (Å²) in [5.74, 6) is 0. The number of fused-ring (bicyclic) bond motifs is 1. The third-order valence-electron chi connectivity index (χ3n) is 2.96. The number of nitrogens with one attached hydrogen (secondary N) is 1. The van der Waals surface area contributed by atoms with E-state index >= 15 is 0 Å². The number of benzene rings is 1. The van der Waals surface area contributed by atoms with Crippen LogP contribution in [-0.2, 0) is 0 Å². The van der Waals surface area contributed by atoms with E-state index in [-0.39, 0.29) is 0 Å². The third kappa shape index (κ3) is 2.17. The molecular weight excluding hydrogens is 256 g/mol. The van der Waals surface area contributed by atoms with Crippen LogP contribution in [0.15, 0.2) is 24.3 Å². The van der Waals surface area contributed by atoms with E-state index < -0.39 is 0 Å². The molecule has 0 radical (unpaired) electrons. The van der Waals surface area contributed by atoms with Gasteiger partial charge in [0.05, 0.1) is 5.52 Å². The molecule has 0 aliphatic rings. The Hall–Kier alpha value is -2.01. The van der Waals surface area contributed by atoms with E-state index in [1.54, 1.807) is 11.3 Å². The highest BCUT2D eigenvalue weighted by atomic mass is 32.1. The van der Waals surface area contributed by atoms with Crippen LogP contribution in [0.1, 0.15) is 11.3 Å². The first-order valence-corrected chi connectivity index (χ1v) is 6.88. The normalized spacial score (nSPS) is 10.9. The molecule has 0 spiro atoms. The van der Waals surface area contributed by atoms with E-state index in [1.165, 1.54) is 5.56 Å². The Kier molecular flexibility index (Phi) is 2.91. The van der Waals surface area contributed by atoms with E-state index in [0.29, 0.717) is 0 Å². The minimum Gasteiger partial charge on any atom is -0.363 e. The molecule has 0 bridgehead atoms. The SMILES string of the molecule is CNc1nnc(-c2cc(C)nc3ccc(C)cc23)s1. The van der Waals surface area contributed by atoms with Crippen LogP contribution < -0.4 is 5.32 Å². The predicted molar refractivity (Wildman–Crippen MR) is 79.7 cm³/mol. The number of hydrogen-bond donors (Lipinski definition) is 1. The number of rotatable bonds is 2. The summed E-state index contributed by atoms with van der Waals surface area (Å²) in [6, 6.07) is 8.36. The number of aryl methyl sites for hydroxylation is 2. The molecule has 0 aliphatic heterocycles. The molecule has 3 aromatic rings.